The lowest BCUT2D eigenvalue weighted by molar-refractivity contribution is -0.137. The van der Waals surface area contributed by atoms with Crippen LogP contribution in [0.1, 0.15) is 41.7 Å². The van der Waals surface area contributed by atoms with Gasteiger partial charge >= 0.3 is 6.18 Å². The zero-order valence-corrected chi connectivity index (χ0v) is 13.1. The molecule has 0 amide bonds. The molecule has 0 aliphatic carbocycles. The largest absolute Gasteiger partial charge is 0.416 e. The first-order valence-corrected chi connectivity index (χ1v) is 8.00. The number of aromatic nitrogens is 2. The van der Waals surface area contributed by atoms with Gasteiger partial charge in [-0.05, 0) is 49.7 Å². The quantitative estimate of drug-likeness (QED) is 0.898. The molecule has 1 aliphatic rings. The van der Waals surface area contributed by atoms with Gasteiger partial charge in [-0.15, -0.1) is 0 Å². The smallest absolute Gasteiger partial charge is 0.387 e. The van der Waals surface area contributed by atoms with Crippen LogP contribution >= 0.6 is 0 Å². The molecule has 0 unspecified atom stereocenters. The first kappa shape index (κ1) is 17.0. The Balaban J connectivity index is 1.57. The summed E-state index contributed by atoms with van der Waals surface area (Å²) >= 11 is 0. The first-order chi connectivity index (χ1) is 11.4. The Hall–Kier alpha value is -1.86. The number of H-pyrrole nitrogens is 1. The summed E-state index contributed by atoms with van der Waals surface area (Å²) in [5, 5.41) is 17.2. The lowest BCUT2D eigenvalue weighted by Gasteiger charge is -2.32. The number of alkyl halides is 3. The number of hydrogen-bond acceptors (Lipinski definition) is 3. The van der Waals surface area contributed by atoms with Crippen LogP contribution in [0.2, 0.25) is 0 Å². The van der Waals surface area contributed by atoms with E-state index in [9.17, 15) is 18.3 Å². The van der Waals surface area contributed by atoms with Crippen molar-refractivity contribution in [3.05, 3.63) is 53.3 Å². The van der Waals surface area contributed by atoms with E-state index in [-0.39, 0.29) is 0 Å². The summed E-state index contributed by atoms with van der Waals surface area (Å²) in [7, 11) is 0. The van der Waals surface area contributed by atoms with E-state index in [2.05, 4.69) is 15.1 Å². The maximum absolute atomic E-state index is 12.8. The number of aliphatic hydroxyl groups excluding tert-OH is 1. The zero-order valence-electron chi connectivity index (χ0n) is 13.1. The van der Waals surface area contributed by atoms with Crippen molar-refractivity contribution in [2.45, 2.75) is 31.0 Å². The monoisotopic (exact) mass is 339 g/mol. The van der Waals surface area contributed by atoms with Gasteiger partial charge in [0, 0.05) is 24.4 Å². The predicted molar refractivity (Wildman–Crippen MR) is 83.4 cm³/mol. The molecule has 3 rings (SSSR count). The van der Waals surface area contributed by atoms with E-state index in [1.54, 1.807) is 6.20 Å². The number of likely N-dealkylation sites (tertiary alicyclic amines) is 1. The lowest BCUT2D eigenvalue weighted by atomic mass is 9.93. The standard InChI is InChI=1S/C17H20F3N3O/c18-17(19,20)14-3-1-2-13(10-14)16(24)11-23-8-5-12(6-9-23)15-4-7-21-22-15/h1-4,7,10,12,16,24H,5-6,8-9,11H2,(H,21,22)/t16-/m0/s1. The minimum absolute atomic E-state index is 0.306. The van der Waals surface area contributed by atoms with Gasteiger partial charge in [-0.3, -0.25) is 5.10 Å². The Morgan fingerprint density at radius 3 is 2.62 bits per heavy atom. The summed E-state index contributed by atoms with van der Waals surface area (Å²) in [6.07, 6.45) is -1.69. The molecule has 2 N–H and O–H groups in total. The number of hydrogen-bond donors (Lipinski definition) is 2. The van der Waals surface area contributed by atoms with E-state index in [0.29, 0.717) is 18.0 Å². The molecular formula is C17H20F3N3O. The highest BCUT2D eigenvalue weighted by Crippen LogP contribution is 2.31. The maximum atomic E-state index is 12.8. The molecular weight excluding hydrogens is 319 g/mol. The minimum Gasteiger partial charge on any atom is -0.387 e. The third-order valence-corrected chi connectivity index (χ3v) is 4.58. The topological polar surface area (TPSA) is 52.1 Å². The SMILES string of the molecule is O[C@@H](CN1CCC(c2ccn[nH]2)CC1)c1cccc(C(F)(F)F)c1. The van der Waals surface area contributed by atoms with Gasteiger partial charge in [0.1, 0.15) is 0 Å². The van der Waals surface area contributed by atoms with Crippen molar-refractivity contribution in [2.24, 2.45) is 0 Å². The van der Waals surface area contributed by atoms with Crippen molar-refractivity contribution >= 4 is 0 Å². The van der Waals surface area contributed by atoms with Crippen LogP contribution in [0, 0.1) is 0 Å². The molecule has 1 aromatic heterocycles. The number of aliphatic hydroxyl groups is 1. The minimum atomic E-state index is -4.39. The number of β-amino-alcohol motifs (C(OH)–C–C–N with tert-alkyl or cyclic N) is 1. The van der Waals surface area contributed by atoms with Crippen molar-refractivity contribution in [1.82, 2.24) is 15.1 Å². The Bertz CT molecular complexity index is 649. The van der Waals surface area contributed by atoms with Crippen LogP contribution < -0.4 is 0 Å². The van der Waals surface area contributed by atoms with E-state index >= 15 is 0 Å². The molecule has 1 fully saturated rings. The van der Waals surface area contributed by atoms with Crippen LogP contribution in [0.25, 0.3) is 0 Å². The van der Waals surface area contributed by atoms with Crippen molar-refractivity contribution in [1.29, 1.82) is 0 Å². The summed E-state index contributed by atoms with van der Waals surface area (Å²) in [5.74, 6) is 0.425. The molecule has 130 valence electrons. The Morgan fingerprint density at radius 2 is 2.00 bits per heavy atom. The fourth-order valence-corrected chi connectivity index (χ4v) is 3.19. The van der Waals surface area contributed by atoms with Crippen LogP contribution in [0.5, 0.6) is 0 Å². The summed E-state index contributed by atoms with van der Waals surface area (Å²) in [6, 6.07) is 6.90. The Kier molecular flexibility index (Phi) is 4.91. The highest BCUT2D eigenvalue weighted by atomic mass is 19.4. The van der Waals surface area contributed by atoms with Crippen LogP contribution in [0.15, 0.2) is 36.5 Å². The fraction of sp³-hybridized carbons (Fsp3) is 0.471. The predicted octanol–water partition coefficient (Wildman–Crippen LogP) is 3.34. The van der Waals surface area contributed by atoms with Crippen molar-refractivity contribution in [3.63, 3.8) is 0 Å². The number of rotatable bonds is 4. The van der Waals surface area contributed by atoms with Crippen LogP contribution in [-0.2, 0) is 6.18 Å². The number of benzene rings is 1. The molecule has 0 radical (unpaired) electrons. The molecule has 1 atom stereocenters. The second-order valence-electron chi connectivity index (χ2n) is 6.23. The number of aromatic amines is 1. The average molecular weight is 339 g/mol. The zero-order chi connectivity index (χ0) is 17.2. The molecule has 4 nitrogen and oxygen atoms in total. The molecule has 0 bridgehead atoms. The second-order valence-corrected chi connectivity index (χ2v) is 6.23. The Morgan fingerprint density at radius 1 is 1.25 bits per heavy atom. The molecule has 24 heavy (non-hydrogen) atoms. The van der Waals surface area contributed by atoms with Crippen LogP contribution in [0.4, 0.5) is 13.2 Å². The van der Waals surface area contributed by atoms with Gasteiger partial charge in [-0.25, -0.2) is 0 Å². The van der Waals surface area contributed by atoms with Crippen molar-refractivity contribution < 1.29 is 18.3 Å². The maximum Gasteiger partial charge on any atom is 0.416 e. The van der Waals surface area contributed by atoms with Gasteiger partial charge in [-0.1, -0.05) is 12.1 Å². The van der Waals surface area contributed by atoms with Gasteiger partial charge in [-0.2, -0.15) is 18.3 Å². The van der Waals surface area contributed by atoms with Gasteiger partial charge in [0.15, 0.2) is 0 Å². The molecule has 2 aromatic rings. The highest BCUT2D eigenvalue weighted by molar-refractivity contribution is 5.27. The lowest BCUT2D eigenvalue weighted by Crippen LogP contribution is -2.36. The van der Waals surface area contributed by atoms with Gasteiger partial charge in [0.2, 0.25) is 0 Å². The fourth-order valence-electron chi connectivity index (χ4n) is 3.19. The molecule has 2 heterocycles. The van der Waals surface area contributed by atoms with Crippen molar-refractivity contribution in [3.8, 4) is 0 Å². The van der Waals surface area contributed by atoms with E-state index in [1.807, 2.05) is 6.07 Å². The van der Waals surface area contributed by atoms with E-state index in [0.717, 1.165) is 43.8 Å². The van der Waals surface area contributed by atoms with Crippen molar-refractivity contribution in [2.75, 3.05) is 19.6 Å². The van der Waals surface area contributed by atoms with E-state index in [4.69, 9.17) is 0 Å². The molecule has 1 aromatic carbocycles. The van der Waals surface area contributed by atoms with Gasteiger partial charge in [0.05, 0.1) is 11.7 Å². The van der Waals surface area contributed by atoms with Gasteiger partial charge in [0.25, 0.3) is 0 Å². The number of halogens is 3. The first-order valence-electron chi connectivity index (χ1n) is 8.00. The molecule has 0 spiro atoms. The highest BCUT2D eigenvalue weighted by Gasteiger charge is 2.31. The van der Waals surface area contributed by atoms with Crippen LogP contribution in [-0.4, -0.2) is 39.8 Å². The third-order valence-electron chi connectivity index (χ3n) is 4.58. The number of piperidine rings is 1. The average Bonchev–Trinajstić information content (AvgIpc) is 3.09. The molecule has 0 saturated carbocycles. The summed E-state index contributed by atoms with van der Waals surface area (Å²) < 4.78 is 38.3. The Labute approximate surface area is 138 Å². The molecule has 7 heteroatoms. The van der Waals surface area contributed by atoms with Crippen LogP contribution in [0.3, 0.4) is 0 Å². The number of nitrogens with zero attached hydrogens (tertiary/aromatic N) is 2. The third kappa shape index (κ3) is 3.96. The normalized spacial score (nSPS) is 18.7. The second kappa shape index (κ2) is 6.94. The van der Waals surface area contributed by atoms with E-state index in [1.165, 1.54) is 12.1 Å². The summed E-state index contributed by atoms with van der Waals surface area (Å²) in [6.45, 7) is 1.95. The summed E-state index contributed by atoms with van der Waals surface area (Å²) in [4.78, 5) is 2.10. The van der Waals surface area contributed by atoms with Gasteiger partial charge < -0.3 is 10.0 Å². The summed E-state index contributed by atoms with van der Waals surface area (Å²) in [5.41, 5.74) is 0.700. The molecule has 1 aliphatic heterocycles. The molecule has 1 saturated heterocycles. The number of nitrogens with one attached hydrogen (secondary N) is 1. The van der Waals surface area contributed by atoms with E-state index < -0.39 is 17.8 Å².